The van der Waals surface area contributed by atoms with Gasteiger partial charge in [-0.2, -0.15) is 0 Å². The van der Waals surface area contributed by atoms with E-state index in [-0.39, 0.29) is 10.6 Å². The SMILES string of the molecule is OC(O)(O)c1ccccc1Cl. The Morgan fingerprint density at radius 2 is 1.64 bits per heavy atom. The molecular formula is C7H7ClO3. The van der Waals surface area contributed by atoms with Gasteiger partial charge in [-0.15, -0.1) is 0 Å². The second-order valence-electron chi connectivity index (χ2n) is 2.12. The van der Waals surface area contributed by atoms with Crippen molar-refractivity contribution in [3.8, 4) is 0 Å². The van der Waals surface area contributed by atoms with Gasteiger partial charge in [0.2, 0.25) is 0 Å². The van der Waals surface area contributed by atoms with Crippen LogP contribution in [0.3, 0.4) is 0 Å². The molecule has 11 heavy (non-hydrogen) atoms. The lowest BCUT2D eigenvalue weighted by Gasteiger charge is -2.14. The molecule has 0 unspecified atom stereocenters. The van der Waals surface area contributed by atoms with Crippen LogP contribution < -0.4 is 0 Å². The van der Waals surface area contributed by atoms with Gasteiger partial charge in [-0.25, -0.2) is 0 Å². The van der Waals surface area contributed by atoms with Crippen molar-refractivity contribution >= 4 is 11.6 Å². The highest BCUT2D eigenvalue weighted by molar-refractivity contribution is 6.31. The minimum atomic E-state index is -2.85. The Hall–Kier alpha value is -0.610. The molecule has 3 nitrogen and oxygen atoms in total. The maximum Gasteiger partial charge on any atom is 0.305 e. The topological polar surface area (TPSA) is 60.7 Å². The van der Waals surface area contributed by atoms with Crippen molar-refractivity contribution in [2.24, 2.45) is 0 Å². The zero-order chi connectivity index (χ0) is 8.48. The molecule has 0 atom stereocenters. The maximum atomic E-state index is 8.70. The fourth-order valence-electron chi connectivity index (χ4n) is 0.733. The molecule has 1 rings (SSSR count). The second-order valence-corrected chi connectivity index (χ2v) is 2.52. The fourth-order valence-corrected chi connectivity index (χ4v) is 0.996. The molecule has 1 aromatic rings. The minimum Gasteiger partial charge on any atom is -0.340 e. The maximum absolute atomic E-state index is 8.70. The third kappa shape index (κ3) is 1.91. The minimum absolute atomic E-state index is 0.111. The van der Waals surface area contributed by atoms with Crippen LogP contribution in [-0.4, -0.2) is 15.3 Å². The van der Waals surface area contributed by atoms with Crippen LogP contribution in [0.25, 0.3) is 0 Å². The van der Waals surface area contributed by atoms with E-state index in [0.717, 1.165) is 0 Å². The quantitative estimate of drug-likeness (QED) is 0.541. The van der Waals surface area contributed by atoms with Crippen molar-refractivity contribution < 1.29 is 15.3 Å². The number of benzene rings is 1. The van der Waals surface area contributed by atoms with Crippen LogP contribution in [0.15, 0.2) is 24.3 Å². The smallest absolute Gasteiger partial charge is 0.305 e. The van der Waals surface area contributed by atoms with Crippen LogP contribution in [0.5, 0.6) is 0 Å². The first-order valence-electron chi connectivity index (χ1n) is 2.94. The van der Waals surface area contributed by atoms with Crippen LogP contribution in [0, 0.1) is 0 Å². The van der Waals surface area contributed by atoms with Crippen molar-refractivity contribution in [2.45, 2.75) is 5.97 Å². The van der Waals surface area contributed by atoms with Crippen molar-refractivity contribution in [3.05, 3.63) is 34.9 Å². The molecule has 0 saturated heterocycles. The summed E-state index contributed by atoms with van der Waals surface area (Å²) >= 11 is 5.53. The Morgan fingerprint density at radius 3 is 2.00 bits per heavy atom. The summed E-state index contributed by atoms with van der Waals surface area (Å²) in [7, 11) is 0. The molecule has 4 heteroatoms. The molecule has 0 radical (unpaired) electrons. The zero-order valence-corrected chi connectivity index (χ0v) is 6.28. The average molecular weight is 175 g/mol. The van der Waals surface area contributed by atoms with E-state index in [2.05, 4.69) is 0 Å². The lowest BCUT2D eigenvalue weighted by molar-refractivity contribution is -0.323. The summed E-state index contributed by atoms with van der Waals surface area (Å²) in [4.78, 5) is 0. The van der Waals surface area contributed by atoms with Gasteiger partial charge in [0.05, 0.1) is 10.6 Å². The zero-order valence-electron chi connectivity index (χ0n) is 5.53. The average Bonchev–Trinajstić information content (AvgIpc) is 1.86. The third-order valence-corrected chi connectivity index (χ3v) is 1.56. The standard InChI is InChI=1S/C7H7ClO3/c8-6-4-2-1-3-5(6)7(9,10)11/h1-4,9-11H. The summed E-state index contributed by atoms with van der Waals surface area (Å²) in [6.07, 6.45) is 0. The Kier molecular flexibility index (Phi) is 2.15. The third-order valence-electron chi connectivity index (χ3n) is 1.24. The van der Waals surface area contributed by atoms with E-state index in [9.17, 15) is 0 Å². The Morgan fingerprint density at radius 1 is 1.09 bits per heavy atom. The molecule has 0 aromatic heterocycles. The monoisotopic (exact) mass is 174 g/mol. The summed E-state index contributed by atoms with van der Waals surface area (Å²) in [6.45, 7) is 0. The Labute approximate surface area is 68.5 Å². The van der Waals surface area contributed by atoms with Gasteiger partial charge >= 0.3 is 5.97 Å². The molecule has 0 aliphatic rings. The van der Waals surface area contributed by atoms with Crippen molar-refractivity contribution in [2.75, 3.05) is 0 Å². The van der Waals surface area contributed by atoms with Crippen LogP contribution in [-0.2, 0) is 5.97 Å². The van der Waals surface area contributed by atoms with Gasteiger partial charge in [0.1, 0.15) is 0 Å². The Bertz CT molecular complexity index is 254. The largest absolute Gasteiger partial charge is 0.340 e. The van der Waals surface area contributed by atoms with Crippen LogP contribution in [0.4, 0.5) is 0 Å². The predicted molar refractivity (Wildman–Crippen MR) is 39.8 cm³/mol. The molecule has 0 bridgehead atoms. The van der Waals surface area contributed by atoms with E-state index in [1.165, 1.54) is 12.1 Å². The first-order valence-corrected chi connectivity index (χ1v) is 3.32. The van der Waals surface area contributed by atoms with E-state index >= 15 is 0 Å². The van der Waals surface area contributed by atoms with Gasteiger partial charge in [0.25, 0.3) is 0 Å². The summed E-state index contributed by atoms with van der Waals surface area (Å²) in [6, 6.07) is 5.94. The van der Waals surface area contributed by atoms with Crippen molar-refractivity contribution in [1.82, 2.24) is 0 Å². The molecule has 0 aliphatic heterocycles. The lowest BCUT2D eigenvalue weighted by Crippen LogP contribution is -2.23. The molecule has 0 spiro atoms. The highest BCUT2D eigenvalue weighted by atomic mass is 35.5. The summed E-state index contributed by atoms with van der Waals surface area (Å²) in [5.41, 5.74) is -0.123. The summed E-state index contributed by atoms with van der Waals surface area (Å²) in [5, 5.41) is 26.2. The number of hydrogen-bond acceptors (Lipinski definition) is 3. The number of hydrogen-bond donors (Lipinski definition) is 3. The molecule has 0 heterocycles. The van der Waals surface area contributed by atoms with Crippen molar-refractivity contribution in [1.29, 1.82) is 0 Å². The first kappa shape index (κ1) is 8.49. The highest BCUT2D eigenvalue weighted by Crippen LogP contribution is 2.23. The summed E-state index contributed by atoms with van der Waals surface area (Å²) in [5.74, 6) is -2.85. The van der Waals surface area contributed by atoms with Gasteiger partial charge in [0, 0.05) is 0 Å². The fraction of sp³-hybridized carbons (Fsp3) is 0.143. The molecule has 0 aliphatic carbocycles. The first-order chi connectivity index (χ1) is 5.02. The van der Waals surface area contributed by atoms with Crippen LogP contribution in [0.1, 0.15) is 5.56 Å². The molecule has 1 aromatic carbocycles. The normalized spacial score (nSPS) is 11.6. The second kappa shape index (κ2) is 2.79. The molecule has 60 valence electrons. The van der Waals surface area contributed by atoms with E-state index in [1.54, 1.807) is 12.1 Å². The van der Waals surface area contributed by atoms with Gasteiger partial charge < -0.3 is 15.3 Å². The molecule has 0 saturated carbocycles. The highest BCUT2D eigenvalue weighted by Gasteiger charge is 2.23. The molecular weight excluding hydrogens is 168 g/mol. The number of aliphatic hydroxyl groups is 3. The molecule has 3 N–H and O–H groups in total. The van der Waals surface area contributed by atoms with Gasteiger partial charge in [-0.05, 0) is 12.1 Å². The Balaban J connectivity index is 3.14. The van der Waals surface area contributed by atoms with Gasteiger partial charge in [0.15, 0.2) is 0 Å². The van der Waals surface area contributed by atoms with Gasteiger partial charge in [-0.3, -0.25) is 0 Å². The van der Waals surface area contributed by atoms with Crippen molar-refractivity contribution in [3.63, 3.8) is 0 Å². The van der Waals surface area contributed by atoms with Gasteiger partial charge in [-0.1, -0.05) is 23.7 Å². The molecule has 0 fully saturated rings. The van der Waals surface area contributed by atoms with E-state index in [4.69, 9.17) is 26.9 Å². The predicted octanol–water partition coefficient (Wildman–Crippen LogP) is 0.427. The lowest BCUT2D eigenvalue weighted by atomic mass is 10.2. The number of halogens is 1. The van der Waals surface area contributed by atoms with E-state index in [1.807, 2.05) is 0 Å². The van der Waals surface area contributed by atoms with Crippen LogP contribution >= 0.6 is 11.6 Å². The number of rotatable bonds is 1. The van der Waals surface area contributed by atoms with E-state index < -0.39 is 5.97 Å². The van der Waals surface area contributed by atoms with Crippen LogP contribution in [0.2, 0.25) is 5.02 Å². The summed E-state index contributed by atoms with van der Waals surface area (Å²) < 4.78 is 0. The molecule has 0 amide bonds. The van der Waals surface area contributed by atoms with E-state index in [0.29, 0.717) is 0 Å².